The minimum atomic E-state index is -1.87. The van der Waals surface area contributed by atoms with Crippen LogP contribution in [0, 0.1) is 16.7 Å². The summed E-state index contributed by atoms with van der Waals surface area (Å²) in [5.74, 6) is -1.42. The lowest BCUT2D eigenvalue weighted by Gasteiger charge is -2.59. The van der Waals surface area contributed by atoms with E-state index in [1.54, 1.807) is 58.3 Å². The molecule has 1 heterocycles. The molecule has 4 atom stereocenters. The van der Waals surface area contributed by atoms with Gasteiger partial charge < -0.3 is 15.3 Å². The van der Waals surface area contributed by atoms with Gasteiger partial charge in [0.2, 0.25) is 0 Å². The van der Waals surface area contributed by atoms with E-state index in [2.05, 4.69) is 11.9 Å². The molecule has 1 N–H and O–H groups in total. The smallest absolute Gasteiger partial charge is 0.264 e. The van der Waals surface area contributed by atoms with E-state index in [0.717, 1.165) is 0 Å². The van der Waals surface area contributed by atoms with E-state index >= 15 is 0 Å². The molecular formula is C22H24ClN2O3-. The number of rotatable bonds is 2. The van der Waals surface area contributed by atoms with Crippen LogP contribution in [0.3, 0.4) is 0 Å². The third kappa shape index (κ3) is 1.65. The first-order valence-electron chi connectivity index (χ1n) is 9.28. The second-order valence-corrected chi connectivity index (χ2v) is 9.10. The number of ketones is 1. The lowest BCUT2D eigenvalue weighted by atomic mass is 9.56. The molecule has 0 aromatic heterocycles. The summed E-state index contributed by atoms with van der Waals surface area (Å²) in [6.45, 7) is 9.27. The highest BCUT2D eigenvalue weighted by atomic mass is 35.5. The molecule has 3 aliphatic rings. The molecule has 1 aromatic rings. The van der Waals surface area contributed by atoms with Gasteiger partial charge in [-0.2, -0.15) is 7.05 Å². The summed E-state index contributed by atoms with van der Waals surface area (Å²) in [5.41, 5.74) is -3.85. The Hall–Kier alpha value is -1.95. The summed E-state index contributed by atoms with van der Waals surface area (Å²) in [6.07, 6.45) is 3.31. The molecule has 1 amide bonds. The SMILES string of the molecule is C=CC1(C)C(Cl)=CC2C(=O)C1([N-]C)c1cccc3c1C(O)(C(=O)N3C)C2(C)C. The highest BCUT2D eigenvalue weighted by molar-refractivity contribution is 6.32. The van der Waals surface area contributed by atoms with Crippen molar-refractivity contribution < 1.29 is 14.7 Å². The molecule has 6 heteroatoms. The van der Waals surface area contributed by atoms with E-state index in [4.69, 9.17) is 11.6 Å². The number of fused-ring (bicyclic) bond motifs is 3. The standard InChI is InChI=1S/C22H24ClN2O3/c1-7-20(4)15(23)11-13-17(26)21(20,24-5)12-9-8-10-14-16(12)22(28,19(13,2)3)18(27)25(14)6/h7-11,13,28H,1H2,2-6H3/q-1. The number of allylic oxidation sites excluding steroid dienone is 1. The average molecular weight is 400 g/mol. The van der Waals surface area contributed by atoms with Crippen molar-refractivity contribution in [3.05, 3.63) is 58.4 Å². The Labute approximate surface area is 170 Å². The lowest BCUT2D eigenvalue weighted by Crippen LogP contribution is -2.57. The number of amides is 1. The highest BCUT2D eigenvalue weighted by Gasteiger charge is 2.69. The monoisotopic (exact) mass is 399 g/mol. The van der Waals surface area contributed by atoms with Crippen LogP contribution in [-0.4, -0.2) is 30.9 Å². The zero-order valence-corrected chi connectivity index (χ0v) is 17.5. The van der Waals surface area contributed by atoms with Crippen molar-refractivity contribution in [1.29, 1.82) is 0 Å². The summed E-state index contributed by atoms with van der Waals surface area (Å²) in [7, 11) is 3.23. The van der Waals surface area contributed by atoms with Gasteiger partial charge in [-0.05, 0) is 17.2 Å². The van der Waals surface area contributed by atoms with Gasteiger partial charge >= 0.3 is 0 Å². The second kappa shape index (κ2) is 5.35. The topological polar surface area (TPSA) is 71.7 Å². The molecule has 0 saturated heterocycles. The number of halogens is 1. The fourth-order valence-electron chi connectivity index (χ4n) is 5.49. The van der Waals surface area contributed by atoms with E-state index in [0.29, 0.717) is 21.8 Å². The zero-order chi connectivity index (χ0) is 20.9. The first-order chi connectivity index (χ1) is 13.0. The Morgan fingerprint density at radius 2 is 1.93 bits per heavy atom. The molecular weight excluding hydrogens is 376 g/mol. The van der Waals surface area contributed by atoms with Crippen molar-refractivity contribution in [2.24, 2.45) is 16.7 Å². The number of Topliss-reactive ketones (excluding diaryl/α,β-unsaturated/α-hetero) is 1. The van der Waals surface area contributed by atoms with Crippen molar-refractivity contribution in [2.45, 2.75) is 31.9 Å². The second-order valence-electron chi connectivity index (χ2n) is 8.69. The van der Waals surface area contributed by atoms with Crippen LogP contribution in [0.25, 0.3) is 5.32 Å². The van der Waals surface area contributed by atoms with Crippen LogP contribution in [0.2, 0.25) is 0 Å². The maximum Gasteiger partial charge on any atom is 0.264 e. The predicted molar refractivity (Wildman–Crippen MR) is 109 cm³/mol. The summed E-state index contributed by atoms with van der Waals surface area (Å²) in [6, 6.07) is 5.35. The summed E-state index contributed by atoms with van der Waals surface area (Å²) in [4.78, 5) is 28.8. The quantitative estimate of drug-likeness (QED) is 0.772. The van der Waals surface area contributed by atoms with Crippen LogP contribution in [0.15, 0.2) is 42.0 Å². The molecule has 1 aliphatic heterocycles. The van der Waals surface area contributed by atoms with Crippen LogP contribution in [0.5, 0.6) is 0 Å². The minimum absolute atomic E-state index is 0.182. The molecule has 4 rings (SSSR count). The van der Waals surface area contributed by atoms with Crippen LogP contribution in [0.1, 0.15) is 31.9 Å². The molecule has 28 heavy (non-hydrogen) atoms. The number of nitrogens with zero attached hydrogens (tertiary/aromatic N) is 2. The third-order valence-electron chi connectivity index (χ3n) is 7.42. The van der Waals surface area contributed by atoms with Crippen molar-refractivity contribution >= 4 is 29.0 Å². The number of carbonyl (C=O) groups excluding carboxylic acids is 2. The van der Waals surface area contributed by atoms with E-state index < -0.39 is 33.8 Å². The Kier molecular flexibility index (Phi) is 3.70. The van der Waals surface area contributed by atoms with Gasteiger partial charge in [-0.3, -0.25) is 9.59 Å². The summed E-state index contributed by atoms with van der Waals surface area (Å²) < 4.78 is 0. The molecule has 1 aromatic carbocycles. The number of hydrogen-bond donors (Lipinski definition) is 1. The van der Waals surface area contributed by atoms with Crippen LogP contribution >= 0.6 is 11.6 Å². The number of benzene rings is 1. The van der Waals surface area contributed by atoms with Crippen molar-refractivity contribution in [2.75, 3.05) is 19.0 Å². The van der Waals surface area contributed by atoms with Gasteiger partial charge in [-0.1, -0.05) is 56.7 Å². The first-order valence-corrected chi connectivity index (χ1v) is 9.65. The van der Waals surface area contributed by atoms with Gasteiger partial charge in [-0.25, -0.2) is 0 Å². The molecule has 0 saturated carbocycles. The molecule has 4 unspecified atom stereocenters. The van der Waals surface area contributed by atoms with Gasteiger partial charge in [0.1, 0.15) is 5.78 Å². The maximum atomic E-state index is 14.0. The van der Waals surface area contributed by atoms with Crippen LogP contribution < -0.4 is 4.90 Å². The van der Waals surface area contributed by atoms with E-state index in [1.807, 2.05) is 6.92 Å². The van der Waals surface area contributed by atoms with Gasteiger partial charge in [0.25, 0.3) is 5.91 Å². The van der Waals surface area contributed by atoms with Gasteiger partial charge in [0.05, 0.1) is 5.69 Å². The molecule has 5 nitrogen and oxygen atoms in total. The predicted octanol–water partition coefficient (Wildman–Crippen LogP) is 3.60. The lowest BCUT2D eigenvalue weighted by molar-refractivity contribution is -0.157. The molecule has 0 fully saturated rings. The Balaban J connectivity index is 2.29. The summed E-state index contributed by atoms with van der Waals surface area (Å²) in [5, 5.41) is 17.0. The van der Waals surface area contributed by atoms with E-state index in [1.165, 1.54) is 4.90 Å². The zero-order valence-electron chi connectivity index (χ0n) is 16.7. The van der Waals surface area contributed by atoms with Crippen molar-refractivity contribution in [3.8, 4) is 0 Å². The van der Waals surface area contributed by atoms with E-state index in [9.17, 15) is 14.7 Å². The molecule has 0 spiro atoms. The number of aliphatic hydroxyl groups is 1. The third-order valence-corrected chi connectivity index (χ3v) is 7.94. The van der Waals surface area contributed by atoms with Crippen molar-refractivity contribution in [1.82, 2.24) is 0 Å². The Morgan fingerprint density at radius 3 is 2.50 bits per heavy atom. The molecule has 0 radical (unpaired) electrons. The normalized spacial score (nSPS) is 38.0. The largest absolute Gasteiger partial charge is 0.648 e. The van der Waals surface area contributed by atoms with Crippen LogP contribution in [0.4, 0.5) is 5.69 Å². The highest BCUT2D eigenvalue weighted by Crippen LogP contribution is 2.67. The Bertz CT molecular complexity index is 984. The molecule has 2 bridgehead atoms. The number of likely N-dealkylation sites (N-methyl/N-ethyl adjacent to an activating group) is 2. The number of carbonyl (C=O) groups is 2. The molecule has 148 valence electrons. The Morgan fingerprint density at radius 1 is 1.29 bits per heavy atom. The van der Waals surface area contributed by atoms with E-state index in [-0.39, 0.29) is 5.78 Å². The van der Waals surface area contributed by atoms with Crippen molar-refractivity contribution in [3.63, 3.8) is 0 Å². The minimum Gasteiger partial charge on any atom is -0.648 e. The number of anilines is 1. The van der Waals surface area contributed by atoms with Gasteiger partial charge in [0, 0.05) is 34.4 Å². The molecule has 2 aliphatic carbocycles. The average Bonchev–Trinajstić information content (AvgIpc) is 2.86. The maximum absolute atomic E-state index is 14.0. The van der Waals surface area contributed by atoms with Gasteiger partial charge in [-0.15, -0.1) is 6.58 Å². The van der Waals surface area contributed by atoms with Gasteiger partial charge in [0.15, 0.2) is 5.60 Å². The fraction of sp³-hybridized carbons (Fsp3) is 0.455. The summed E-state index contributed by atoms with van der Waals surface area (Å²) >= 11 is 6.74. The van der Waals surface area contributed by atoms with Crippen LogP contribution in [-0.2, 0) is 20.7 Å². The first kappa shape index (κ1) is 19.4. The fourth-order valence-corrected chi connectivity index (χ4v) is 5.83. The number of hydrogen-bond acceptors (Lipinski definition) is 3.